The van der Waals surface area contributed by atoms with E-state index < -0.39 is 24.1 Å². The molecule has 10 heteroatoms. The predicted molar refractivity (Wildman–Crippen MR) is 46.2 cm³/mol. The number of amides is 5. The molecule has 1 atom stereocenters. The summed E-state index contributed by atoms with van der Waals surface area (Å²) in [4.78, 5) is 31.3. The zero-order chi connectivity index (χ0) is 8.43. The monoisotopic (exact) mass is 221 g/mol. The molecule has 0 aromatic heterocycles. The van der Waals surface area contributed by atoms with Crippen LogP contribution in [0.15, 0.2) is 0 Å². The smallest absolute Gasteiger partial charge is 0.323 e. The molecule has 0 aliphatic carbocycles. The van der Waals surface area contributed by atoms with Gasteiger partial charge < -0.3 is 27.3 Å². The van der Waals surface area contributed by atoms with E-state index >= 15 is 0 Å². The first-order valence-electron chi connectivity index (χ1n) is 2.77. The number of hydrogen-bond donors (Lipinski definition) is 4. The van der Waals surface area contributed by atoms with Crippen molar-refractivity contribution in [3.8, 4) is 0 Å². The van der Waals surface area contributed by atoms with Gasteiger partial charge >= 0.3 is 12.1 Å². The van der Waals surface area contributed by atoms with E-state index in [-0.39, 0.29) is 28.3 Å². The zero-order valence-corrected chi connectivity index (χ0v) is 8.11. The number of primary amides is 1. The van der Waals surface area contributed by atoms with E-state index in [2.05, 4.69) is 5.32 Å². The molecule has 1 aliphatic heterocycles. The van der Waals surface area contributed by atoms with Crippen LogP contribution < -0.4 is 21.7 Å². The van der Waals surface area contributed by atoms with Crippen LogP contribution in [-0.4, -0.2) is 52.4 Å². The summed E-state index contributed by atoms with van der Waals surface area (Å²) in [6.45, 7) is 0. The summed E-state index contributed by atoms with van der Waals surface area (Å²) in [6.07, 6.45) is -1.04. The highest BCUT2D eigenvalue weighted by Gasteiger charge is 2.29. The molecular formula is C4H10AlN4O5. The number of nitrogens with one attached hydrogen (secondary N) is 3. The molecule has 5 amide bonds. The maximum atomic E-state index is 10.7. The summed E-state index contributed by atoms with van der Waals surface area (Å²) < 4.78 is 0. The van der Waals surface area contributed by atoms with Gasteiger partial charge in [-0.05, 0) is 0 Å². The third kappa shape index (κ3) is 4.63. The molecule has 1 saturated heterocycles. The Morgan fingerprint density at radius 3 is 2.14 bits per heavy atom. The number of nitrogens with two attached hydrogens (primary N) is 1. The molecule has 1 aliphatic rings. The van der Waals surface area contributed by atoms with Crippen molar-refractivity contribution in [2.45, 2.75) is 6.17 Å². The lowest BCUT2D eigenvalue weighted by atomic mass is 10.5. The van der Waals surface area contributed by atoms with E-state index in [9.17, 15) is 14.4 Å². The van der Waals surface area contributed by atoms with Crippen LogP contribution in [0.2, 0.25) is 0 Å². The second-order valence-corrected chi connectivity index (χ2v) is 1.90. The minimum Gasteiger partial charge on any atom is -0.412 e. The molecule has 1 heterocycles. The van der Waals surface area contributed by atoms with Gasteiger partial charge in [0.1, 0.15) is 0 Å². The first-order chi connectivity index (χ1) is 5.09. The summed E-state index contributed by atoms with van der Waals surface area (Å²) in [5.41, 5.74) is 4.70. The van der Waals surface area contributed by atoms with Crippen molar-refractivity contribution >= 4 is 35.3 Å². The third-order valence-electron chi connectivity index (χ3n) is 1.06. The molecular weight excluding hydrogens is 211 g/mol. The van der Waals surface area contributed by atoms with Crippen molar-refractivity contribution in [3.05, 3.63) is 0 Å². The normalized spacial score (nSPS) is 17.6. The van der Waals surface area contributed by atoms with Crippen molar-refractivity contribution in [1.29, 1.82) is 0 Å². The van der Waals surface area contributed by atoms with Crippen LogP contribution in [-0.2, 0) is 4.79 Å². The molecule has 0 saturated carbocycles. The van der Waals surface area contributed by atoms with Crippen molar-refractivity contribution in [2.75, 3.05) is 0 Å². The van der Waals surface area contributed by atoms with Gasteiger partial charge in [0.25, 0.3) is 5.91 Å². The first-order valence-corrected chi connectivity index (χ1v) is 2.77. The number of urea groups is 2. The van der Waals surface area contributed by atoms with E-state index in [1.165, 1.54) is 0 Å². The van der Waals surface area contributed by atoms with Gasteiger partial charge in [-0.2, -0.15) is 0 Å². The van der Waals surface area contributed by atoms with Crippen LogP contribution in [0.1, 0.15) is 0 Å². The Hall–Kier alpha value is -1.34. The molecule has 14 heavy (non-hydrogen) atoms. The second-order valence-electron chi connectivity index (χ2n) is 1.90. The van der Waals surface area contributed by atoms with Crippen molar-refractivity contribution in [2.24, 2.45) is 5.73 Å². The molecule has 1 fully saturated rings. The number of carbonyl (C=O) groups is 3. The Labute approximate surface area is 89.1 Å². The van der Waals surface area contributed by atoms with Crippen LogP contribution in [0.3, 0.4) is 0 Å². The topological polar surface area (TPSA) is 176 Å². The summed E-state index contributed by atoms with van der Waals surface area (Å²) in [5, 5.41) is 6.05. The van der Waals surface area contributed by atoms with Crippen LogP contribution in [0, 0.1) is 0 Å². The SMILES string of the molecule is NC(=O)NC1NC(=O)NC1=O.O.O.[Al]. The number of hydrogen-bond acceptors (Lipinski definition) is 3. The summed E-state index contributed by atoms with van der Waals surface area (Å²) >= 11 is 0. The molecule has 0 bridgehead atoms. The number of carbonyl (C=O) groups excluding carboxylic acids is 3. The van der Waals surface area contributed by atoms with Crippen molar-refractivity contribution < 1.29 is 25.3 Å². The molecule has 1 unspecified atom stereocenters. The van der Waals surface area contributed by atoms with Gasteiger partial charge in [0.15, 0.2) is 6.17 Å². The highest BCUT2D eigenvalue weighted by Crippen LogP contribution is 1.86. The lowest BCUT2D eigenvalue weighted by Crippen LogP contribution is -2.48. The van der Waals surface area contributed by atoms with Gasteiger partial charge in [0, 0.05) is 17.4 Å². The van der Waals surface area contributed by atoms with Gasteiger partial charge in [-0.1, -0.05) is 0 Å². The van der Waals surface area contributed by atoms with Crippen molar-refractivity contribution in [1.82, 2.24) is 16.0 Å². The summed E-state index contributed by atoms with van der Waals surface area (Å²) in [5.74, 6) is -0.617. The van der Waals surface area contributed by atoms with E-state index in [1.807, 2.05) is 10.6 Å². The van der Waals surface area contributed by atoms with Gasteiger partial charge in [0.2, 0.25) is 0 Å². The van der Waals surface area contributed by atoms with E-state index in [4.69, 9.17) is 5.73 Å². The lowest BCUT2D eigenvalue weighted by molar-refractivity contribution is -0.120. The maximum Gasteiger partial charge on any atom is 0.323 e. The molecule has 79 valence electrons. The van der Waals surface area contributed by atoms with E-state index in [0.717, 1.165) is 0 Å². The molecule has 9 nitrogen and oxygen atoms in total. The second kappa shape index (κ2) is 7.10. The Balaban J connectivity index is -0.000000403. The zero-order valence-electron chi connectivity index (χ0n) is 6.96. The van der Waals surface area contributed by atoms with Crippen LogP contribution in [0.5, 0.6) is 0 Å². The van der Waals surface area contributed by atoms with Crippen LogP contribution in [0.4, 0.5) is 9.59 Å². The van der Waals surface area contributed by atoms with E-state index in [0.29, 0.717) is 0 Å². The molecule has 0 aromatic carbocycles. The fourth-order valence-electron chi connectivity index (χ4n) is 0.661. The Kier molecular flexibility index (Phi) is 9.36. The minimum atomic E-state index is -1.04. The highest BCUT2D eigenvalue weighted by atomic mass is 27.0. The Morgan fingerprint density at radius 1 is 1.36 bits per heavy atom. The van der Waals surface area contributed by atoms with Crippen LogP contribution in [0.25, 0.3) is 0 Å². The van der Waals surface area contributed by atoms with Gasteiger partial charge in [-0.25, -0.2) is 9.59 Å². The number of rotatable bonds is 1. The quantitative estimate of drug-likeness (QED) is 0.259. The number of imide groups is 1. The third-order valence-corrected chi connectivity index (χ3v) is 1.06. The van der Waals surface area contributed by atoms with Gasteiger partial charge in [0.05, 0.1) is 0 Å². The Morgan fingerprint density at radius 2 is 1.86 bits per heavy atom. The molecule has 0 aromatic rings. The van der Waals surface area contributed by atoms with Gasteiger partial charge in [-0.15, -0.1) is 0 Å². The average Bonchev–Trinajstić information content (AvgIpc) is 2.09. The van der Waals surface area contributed by atoms with Crippen molar-refractivity contribution in [3.63, 3.8) is 0 Å². The summed E-state index contributed by atoms with van der Waals surface area (Å²) in [7, 11) is 0. The Bertz CT molecular complexity index is 234. The predicted octanol–water partition coefficient (Wildman–Crippen LogP) is -4.21. The summed E-state index contributed by atoms with van der Waals surface area (Å²) in [6, 6.07) is -1.51. The average molecular weight is 221 g/mol. The lowest BCUT2D eigenvalue weighted by Gasteiger charge is -2.05. The largest absolute Gasteiger partial charge is 0.412 e. The highest BCUT2D eigenvalue weighted by molar-refractivity contribution is 6.05. The molecule has 1 rings (SSSR count). The fourth-order valence-corrected chi connectivity index (χ4v) is 0.661. The van der Waals surface area contributed by atoms with Gasteiger partial charge in [-0.3, -0.25) is 10.1 Å². The molecule has 9 N–H and O–H groups in total. The molecule has 3 radical (unpaired) electrons. The van der Waals surface area contributed by atoms with Crippen LogP contribution >= 0.6 is 0 Å². The first kappa shape index (κ1) is 18.4. The minimum absolute atomic E-state index is 0. The maximum absolute atomic E-state index is 10.7. The van der Waals surface area contributed by atoms with E-state index in [1.54, 1.807) is 0 Å². The fraction of sp³-hybridized carbons (Fsp3) is 0.250. The standard InChI is InChI=1S/C4H6N4O3.Al.2H2O/c5-3(10)6-1-2(9)8-4(11)7-1;;;/h1H,(H3,5,6,10)(H2,7,8,9,11);;2*1H2. The molecule has 0 spiro atoms.